The molecule has 0 spiro atoms. The van der Waals surface area contributed by atoms with Crippen LogP contribution in [0.3, 0.4) is 0 Å². The number of benzene rings is 2. The first kappa shape index (κ1) is 22.1. The van der Waals surface area contributed by atoms with Crippen molar-refractivity contribution in [2.24, 2.45) is 5.18 Å². The maximum atomic E-state index is 12.4. The summed E-state index contributed by atoms with van der Waals surface area (Å²) in [6, 6.07) is 12.5. The predicted molar refractivity (Wildman–Crippen MR) is 108 cm³/mol. The van der Waals surface area contributed by atoms with Crippen molar-refractivity contribution in [3.8, 4) is 5.75 Å². The van der Waals surface area contributed by atoms with E-state index in [4.69, 9.17) is 4.74 Å². The van der Waals surface area contributed by atoms with Gasteiger partial charge in [0.1, 0.15) is 18.4 Å². The summed E-state index contributed by atoms with van der Waals surface area (Å²) in [5.41, 5.74) is 0. The second kappa shape index (κ2) is 10.9. The molecule has 29 heavy (non-hydrogen) atoms. The molecular formula is C20H25N3O6. The molecule has 0 radical (unpaired) electrons. The molecule has 2 aromatic carbocycles. The van der Waals surface area contributed by atoms with Crippen LogP contribution in [0.2, 0.25) is 0 Å². The Labute approximate surface area is 168 Å². The molecule has 1 amide bonds. The molecular weight excluding hydrogens is 378 g/mol. The third-order valence-corrected chi connectivity index (χ3v) is 4.41. The number of ether oxygens (including phenoxy) is 1. The van der Waals surface area contributed by atoms with Crippen molar-refractivity contribution >= 4 is 16.7 Å². The van der Waals surface area contributed by atoms with E-state index in [1.165, 1.54) is 4.90 Å². The molecule has 2 aromatic rings. The summed E-state index contributed by atoms with van der Waals surface area (Å²) in [5.74, 6) is 0.432. The van der Waals surface area contributed by atoms with Crippen molar-refractivity contribution in [1.29, 1.82) is 0 Å². The monoisotopic (exact) mass is 403 g/mol. The Morgan fingerprint density at radius 1 is 1.21 bits per heavy atom. The highest BCUT2D eigenvalue weighted by Crippen LogP contribution is 2.25. The van der Waals surface area contributed by atoms with Crippen LogP contribution >= 0.6 is 0 Å². The number of carbonyl (C=O) groups is 1. The van der Waals surface area contributed by atoms with Crippen LogP contribution in [-0.2, 0) is 9.63 Å². The Bertz CT molecular complexity index is 837. The van der Waals surface area contributed by atoms with E-state index in [2.05, 4.69) is 10.0 Å². The van der Waals surface area contributed by atoms with Crippen LogP contribution < -0.4 is 4.74 Å². The third kappa shape index (κ3) is 6.70. The van der Waals surface area contributed by atoms with Crippen LogP contribution in [0.15, 0.2) is 47.6 Å². The number of hydrogen-bond acceptors (Lipinski definition) is 7. The molecule has 0 aromatic heterocycles. The van der Waals surface area contributed by atoms with Gasteiger partial charge in [0, 0.05) is 17.8 Å². The highest BCUT2D eigenvalue weighted by atomic mass is 16.9. The van der Waals surface area contributed by atoms with E-state index in [9.17, 15) is 19.8 Å². The summed E-state index contributed by atoms with van der Waals surface area (Å²) < 4.78 is 5.83. The molecule has 0 aliphatic carbocycles. The Morgan fingerprint density at radius 2 is 1.93 bits per heavy atom. The Morgan fingerprint density at radius 3 is 2.62 bits per heavy atom. The standard InChI is InChI=1S/C20H25N3O6/c1-15(2)22(20(24)11-6-12-29-23(26)27)13-17(21-25)14-28-19-10-5-8-16-7-3-4-9-18(16)19/h3-5,7-10,15,17H,6,11-14H2,1-2H3. The van der Waals surface area contributed by atoms with Crippen molar-refractivity contribution in [2.45, 2.75) is 38.8 Å². The van der Waals surface area contributed by atoms with Gasteiger partial charge in [0.25, 0.3) is 5.09 Å². The number of amides is 1. The molecule has 1 unspecified atom stereocenters. The number of hydrogen-bond donors (Lipinski definition) is 0. The minimum atomic E-state index is -0.887. The summed E-state index contributed by atoms with van der Waals surface area (Å²) in [7, 11) is 0. The average molecular weight is 403 g/mol. The molecule has 0 fully saturated rings. The summed E-state index contributed by atoms with van der Waals surface area (Å²) in [6.07, 6.45) is 0.302. The number of nitroso groups, excluding NO2 is 1. The smallest absolute Gasteiger partial charge is 0.294 e. The molecule has 9 nitrogen and oxygen atoms in total. The minimum absolute atomic E-state index is 0.0401. The van der Waals surface area contributed by atoms with E-state index in [0.717, 1.165) is 10.8 Å². The molecule has 1 atom stereocenters. The van der Waals surface area contributed by atoms with Gasteiger partial charge in [-0.2, -0.15) is 4.91 Å². The van der Waals surface area contributed by atoms with Crippen molar-refractivity contribution in [2.75, 3.05) is 19.8 Å². The first-order chi connectivity index (χ1) is 13.9. The van der Waals surface area contributed by atoms with Gasteiger partial charge in [-0.1, -0.05) is 41.6 Å². The number of nitrogens with zero attached hydrogens (tertiary/aromatic N) is 3. The zero-order valence-corrected chi connectivity index (χ0v) is 16.5. The Hall–Kier alpha value is -3.23. The van der Waals surface area contributed by atoms with Crippen LogP contribution in [0.4, 0.5) is 0 Å². The molecule has 0 aliphatic heterocycles. The van der Waals surface area contributed by atoms with Gasteiger partial charge in [-0.15, -0.1) is 10.1 Å². The summed E-state index contributed by atoms with van der Waals surface area (Å²) >= 11 is 0. The SMILES string of the molecule is CC(C)N(CC(COc1cccc2ccccc12)N=O)C(=O)CCCO[N+](=O)[O-]. The summed E-state index contributed by atoms with van der Waals surface area (Å²) in [4.78, 5) is 39.7. The van der Waals surface area contributed by atoms with Crippen LogP contribution in [-0.4, -0.2) is 47.7 Å². The van der Waals surface area contributed by atoms with Crippen LogP contribution in [0, 0.1) is 15.0 Å². The van der Waals surface area contributed by atoms with Crippen molar-refractivity contribution in [3.05, 3.63) is 57.5 Å². The van der Waals surface area contributed by atoms with Gasteiger partial charge in [-0.05, 0) is 31.7 Å². The highest BCUT2D eigenvalue weighted by molar-refractivity contribution is 5.88. The minimum Gasteiger partial charge on any atom is -0.491 e. The van der Waals surface area contributed by atoms with Gasteiger partial charge < -0.3 is 14.5 Å². The van der Waals surface area contributed by atoms with Gasteiger partial charge in [-0.3, -0.25) is 4.79 Å². The number of fused-ring (bicyclic) bond motifs is 1. The lowest BCUT2D eigenvalue weighted by Gasteiger charge is -2.28. The molecule has 0 heterocycles. The number of carbonyl (C=O) groups excluding carboxylic acids is 1. The van der Waals surface area contributed by atoms with Gasteiger partial charge in [0.05, 0.1) is 13.2 Å². The second-order valence-electron chi connectivity index (χ2n) is 6.85. The van der Waals surface area contributed by atoms with E-state index in [1.54, 1.807) is 0 Å². The maximum Gasteiger partial charge on any atom is 0.294 e. The zero-order chi connectivity index (χ0) is 21.2. The quantitative estimate of drug-likeness (QED) is 0.232. The summed E-state index contributed by atoms with van der Waals surface area (Å²) in [5, 5.41) is 14.4. The fraction of sp³-hybridized carbons (Fsp3) is 0.450. The fourth-order valence-corrected chi connectivity index (χ4v) is 2.96. The zero-order valence-electron chi connectivity index (χ0n) is 16.5. The first-order valence-corrected chi connectivity index (χ1v) is 9.42. The van der Waals surface area contributed by atoms with E-state index < -0.39 is 11.1 Å². The normalized spacial score (nSPS) is 11.8. The van der Waals surface area contributed by atoms with Crippen molar-refractivity contribution in [3.63, 3.8) is 0 Å². The molecule has 0 saturated heterocycles. The molecule has 9 heteroatoms. The molecule has 0 N–H and O–H groups in total. The Kier molecular flexibility index (Phi) is 8.32. The number of rotatable bonds is 12. The molecule has 0 aliphatic rings. The lowest BCUT2D eigenvalue weighted by atomic mass is 10.1. The summed E-state index contributed by atoms with van der Waals surface area (Å²) in [6.45, 7) is 3.67. The lowest BCUT2D eigenvalue weighted by Crippen LogP contribution is -2.43. The van der Waals surface area contributed by atoms with Gasteiger partial charge in [0.2, 0.25) is 5.91 Å². The van der Waals surface area contributed by atoms with Gasteiger partial charge in [-0.25, -0.2) is 0 Å². The van der Waals surface area contributed by atoms with E-state index in [1.807, 2.05) is 56.3 Å². The first-order valence-electron chi connectivity index (χ1n) is 9.42. The lowest BCUT2D eigenvalue weighted by molar-refractivity contribution is -0.757. The molecule has 0 saturated carbocycles. The van der Waals surface area contributed by atoms with Crippen molar-refractivity contribution in [1.82, 2.24) is 4.90 Å². The maximum absolute atomic E-state index is 12.4. The molecule has 156 valence electrons. The van der Waals surface area contributed by atoms with Crippen molar-refractivity contribution < 1.29 is 19.5 Å². The van der Waals surface area contributed by atoms with Crippen LogP contribution in [0.5, 0.6) is 5.75 Å². The topological polar surface area (TPSA) is 111 Å². The largest absolute Gasteiger partial charge is 0.491 e. The second-order valence-corrected chi connectivity index (χ2v) is 6.85. The van der Waals surface area contributed by atoms with Gasteiger partial charge >= 0.3 is 0 Å². The Balaban J connectivity index is 1.95. The highest BCUT2D eigenvalue weighted by Gasteiger charge is 2.22. The molecule has 2 rings (SSSR count). The van der Waals surface area contributed by atoms with Crippen LogP contribution in [0.1, 0.15) is 26.7 Å². The van der Waals surface area contributed by atoms with E-state index in [0.29, 0.717) is 5.75 Å². The molecule has 0 bridgehead atoms. The van der Waals surface area contributed by atoms with E-state index in [-0.39, 0.29) is 44.5 Å². The fourth-order valence-electron chi connectivity index (χ4n) is 2.96. The average Bonchev–Trinajstić information content (AvgIpc) is 2.70. The van der Waals surface area contributed by atoms with E-state index >= 15 is 0 Å². The van der Waals surface area contributed by atoms with Gasteiger partial charge in [0.15, 0.2) is 0 Å². The predicted octanol–water partition coefficient (Wildman–Crippen LogP) is 3.58. The van der Waals surface area contributed by atoms with Crippen LogP contribution in [0.25, 0.3) is 10.8 Å². The third-order valence-electron chi connectivity index (χ3n) is 4.41.